The predicted molar refractivity (Wildman–Crippen MR) is 77.6 cm³/mol. The van der Waals surface area contributed by atoms with E-state index in [0.29, 0.717) is 16.5 Å². The number of halogens is 1. The lowest BCUT2D eigenvalue weighted by molar-refractivity contribution is -0.256. The zero-order chi connectivity index (χ0) is 16.3. The Morgan fingerprint density at radius 3 is 2.86 bits per heavy atom. The predicted octanol–water partition coefficient (Wildman–Crippen LogP) is 0.306. The number of nitrogens with one attached hydrogen (secondary N) is 1. The zero-order valence-corrected chi connectivity index (χ0v) is 12.9. The fraction of sp³-hybridized carbons (Fsp3) is 0.500. The van der Waals surface area contributed by atoms with Crippen molar-refractivity contribution in [3.05, 3.63) is 11.6 Å². The number of carbonyl (C=O) groups excluding carboxylic acids is 2. The van der Waals surface area contributed by atoms with Crippen LogP contribution in [0, 0.1) is 0 Å². The van der Waals surface area contributed by atoms with Crippen LogP contribution in [0.25, 0.3) is 0 Å². The Morgan fingerprint density at radius 2 is 2.32 bits per heavy atom. The van der Waals surface area contributed by atoms with Crippen LogP contribution >= 0.6 is 23.8 Å². The molecule has 0 spiro atoms. The average Bonchev–Trinajstić information content (AvgIpc) is 3.02. The molecule has 0 aromatic heterocycles. The Morgan fingerprint density at radius 1 is 1.59 bits per heavy atom. The summed E-state index contributed by atoms with van der Waals surface area (Å²) < 4.78 is 4.84. The maximum atomic E-state index is 12.3. The summed E-state index contributed by atoms with van der Waals surface area (Å²) in [6.07, 6.45) is 1.66. The Hall–Kier alpha value is -1.71. The molecule has 2 fully saturated rings. The van der Waals surface area contributed by atoms with Crippen LogP contribution in [0.2, 0.25) is 0 Å². The first-order valence-electron chi connectivity index (χ1n) is 6.37. The first-order valence-corrected chi connectivity index (χ1v) is 7.22. The molecule has 2 heterocycles. The van der Waals surface area contributed by atoms with Gasteiger partial charge in [0.05, 0.1) is 11.4 Å². The van der Waals surface area contributed by atoms with Gasteiger partial charge in [-0.25, -0.2) is 4.79 Å². The molecule has 2 atom stereocenters. The Labute approximate surface area is 135 Å². The topological polar surface area (TPSA) is 105 Å². The molecule has 22 heavy (non-hydrogen) atoms. The Kier molecular flexibility index (Phi) is 4.99. The lowest BCUT2D eigenvalue weighted by atomic mass is 10.1. The first-order chi connectivity index (χ1) is 10.4. The van der Waals surface area contributed by atoms with Crippen molar-refractivity contribution in [3.8, 4) is 0 Å². The van der Waals surface area contributed by atoms with E-state index in [0.717, 1.165) is 0 Å². The number of esters is 1. The van der Waals surface area contributed by atoms with Crippen molar-refractivity contribution in [2.45, 2.75) is 31.0 Å². The van der Waals surface area contributed by atoms with Crippen LogP contribution in [0.15, 0.2) is 11.6 Å². The second-order valence-corrected chi connectivity index (χ2v) is 5.42. The van der Waals surface area contributed by atoms with Crippen LogP contribution in [-0.2, 0) is 24.0 Å². The van der Waals surface area contributed by atoms with Crippen molar-refractivity contribution in [1.29, 1.82) is 0 Å². The largest absolute Gasteiger partial charge is 0.477 e. The molecule has 0 saturated carbocycles. The number of carbonyl (C=O) groups is 3. The highest BCUT2D eigenvalue weighted by Crippen LogP contribution is 2.33. The number of hydroxylamine groups is 2. The zero-order valence-electron chi connectivity index (χ0n) is 11.3. The quantitative estimate of drug-likeness (QED) is 0.540. The molecule has 8 nitrogen and oxygen atoms in total. The molecule has 2 rings (SSSR count). The van der Waals surface area contributed by atoms with E-state index in [1.165, 1.54) is 5.54 Å². The molecule has 2 saturated heterocycles. The van der Waals surface area contributed by atoms with Gasteiger partial charge in [-0.15, -0.1) is 0 Å². The number of hydrogen-bond donors (Lipinski definition) is 2. The summed E-state index contributed by atoms with van der Waals surface area (Å²) in [6, 6.07) is -0.841. The van der Waals surface area contributed by atoms with Gasteiger partial charge in [0.25, 0.3) is 5.91 Å². The van der Waals surface area contributed by atoms with E-state index >= 15 is 0 Å². The molecule has 10 heteroatoms. The highest BCUT2D eigenvalue weighted by molar-refractivity contribution is 7.80. The molecule has 1 amide bonds. The van der Waals surface area contributed by atoms with E-state index in [1.807, 2.05) is 0 Å². The number of carboxylic acids is 1. The number of ether oxygens (including phenoxy) is 1. The third-order valence-electron chi connectivity index (χ3n) is 3.21. The summed E-state index contributed by atoms with van der Waals surface area (Å²) in [5.41, 5.74) is -0.813. The number of hydrogen-bond acceptors (Lipinski definition) is 6. The second-order valence-electron chi connectivity index (χ2n) is 4.68. The molecular weight excluding hydrogens is 336 g/mol. The molecule has 0 aromatic rings. The fourth-order valence-corrected chi connectivity index (χ4v) is 2.49. The summed E-state index contributed by atoms with van der Waals surface area (Å²) in [6.45, 7) is -0.115. The molecule has 2 N–H and O–H groups in total. The van der Waals surface area contributed by atoms with E-state index < -0.39 is 29.6 Å². The van der Waals surface area contributed by atoms with Crippen LogP contribution in [0.5, 0.6) is 0 Å². The second kappa shape index (κ2) is 6.59. The number of carboxylic acid groups (broad SMARTS) is 1. The molecule has 0 radical (unpaired) electrons. The maximum Gasteiger partial charge on any atom is 0.372 e. The van der Waals surface area contributed by atoms with Crippen molar-refractivity contribution in [2.24, 2.45) is 0 Å². The third kappa shape index (κ3) is 3.06. The minimum Gasteiger partial charge on any atom is -0.477 e. The number of aliphatic carboxylic acids is 1. The average molecular weight is 349 g/mol. The highest BCUT2D eigenvalue weighted by Gasteiger charge is 2.59. The minimum atomic E-state index is -2.11. The van der Waals surface area contributed by atoms with Gasteiger partial charge >= 0.3 is 17.7 Å². The number of cyclic esters (lactones) is 1. The number of amides is 1. The highest BCUT2D eigenvalue weighted by atomic mass is 35.5. The molecular formula is C12H13ClN2O6S. The van der Waals surface area contributed by atoms with Crippen molar-refractivity contribution in [1.82, 2.24) is 10.4 Å². The summed E-state index contributed by atoms with van der Waals surface area (Å²) >= 11 is 10.4. The molecule has 0 aliphatic carbocycles. The normalized spacial score (nSPS) is 28.2. The van der Waals surface area contributed by atoms with Gasteiger partial charge in [-0.3, -0.25) is 14.4 Å². The minimum absolute atomic E-state index is 0.101. The van der Waals surface area contributed by atoms with Gasteiger partial charge in [0.2, 0.25) is 0 Å². The summed E-state index contributed by atoms with van der Waals surface area (Å²) in [7, 11) is 0. The van der Waals surface area contributed by atoms with Crippen molar-refractivity contribution in [2.75, 3.05) is 6.61 Å². The van der Waals surface area contributed by atoms with E-state index in [-0.39, 0.29) is 19.4 Å². The Balaban J connectivity index is 2.08. The van der Waals surface area contributed by atoms with E-state index in [9.17, 15) is 19.5 Å². The third-order valence-corrected chi connectivity index (χ3v) is 3.67. The Bertz CT molecular complexity index is 554. The molecule has 1 unspecified atom stereocenters. The lowest BCUT2D eigenvalue weighted by Crippen LogP contribution is -2.56. The number of rotatable bonds is 5. The van der Waals surface area contributed by atoms with Gasteiger partial charge in [-0.1, -0.05) is 29.9 Å². The molecule has 0 bridgehead atoms. The van der Waals surface area contributed by atoms with Crippen LogP contribution in [0.3, 0.4) is 0 Å². The van der Waals surface area contributed by atoms with E-state index in [4.69, 9.17) is 33.4 Å². The standard InChI is InChI=1S/C12H13ClN2O6S/c13-5-1-2-8(22)14-7-6-20-15(10(7)17)12(11(18)19)4-3-9(16)21-12/h1,5,7H,2-4,6H2,(H,14,22)(H,18,19)/t7-,12?/m0/s1. The van der Waals surface area contributed by atoms with Crippen molar-refractivity contribution in [3.63, 3.8) is 0 Å². The van der Waals surface area contributed by atoms with Gasteiger partial charge in [-0.05, 0) is 0 Å². The summed E-state index contributed by atoms with van der Waals surface area (Å²) in [5, 5.41) is 12.7. The summed E-state index contributed by atoms with van der Waals surface area (Å²) in [5.74, 6) is -2.81. The van der Waals surface area contributed by atoms with E-state index in [2.05, 4.69) is 5.32 Å². The van der Waals surface area contributed by atoms with Gasteiger partial charge in [0.1, 0.15) is 12.6 Å². The van der Waals surface area contributed by atoms with Gasteiger partial charge in [0.15, 0.2) is 0 Å². The maximum absolute atomic E-state index is 12.3. The van der Waals surface area contributed by atoms with Gasteiger partial charge in [-0.2, -0.15) is 5.06 Å². The molecule has 120 valence electrons. The van der Waals surface area contributed by atoms with Gasteiger partial charge in [0, 0.05) is 18.4 Å². The van der Waals surface area contributed by atoms with E-state index in [1.54, 1.807) is 6.08 Å². The molecule has 2 aliphatic rings. The van der Waals surface area contributed by atoms with Gasteiger partial charge < -0.3 is 15.2 Å². The SMILES string of the molecule is O=C1CCC(C(=O)O)(N2OC[C@H](NC(=S)CC=CCl)C2=O)O1. The van der Waals surface area contributed by atoms with Crippen LogP contribution in [-0.4, -0.2) is 51.4 Å². The summed E-state index contributed by atoms with van der Waals surface area (Å²) in [4.78, 5) is 40.5. The van der Waals surface area contributed by atoms with Crippen molar-refractivity contribution >= 4 is 46.7 Å². The smallest absolute Gasteiger partial charge is 0.372 e. The monoisotopic (exact) mass is 348 g/mol. The fourth-order valence-electron chi connectivity index (χ4n) is 2.16. The van der Waals surface area contributed by atoms with Crippen LogP contribution in [0.4, 0.5) is 0 Å². The van der Waals surface area contributed by atoms with Crippen LogP contribution in [0.1, 0.15) is 19.3 Å². The van der Waals surface area contributed by atoms with Crippen LogP contribution < -0.4 is 5.32 Å². The molecule has 2 aliphatic heterocycles. The number of thiocarbonyl (C=S) groups is 1. The first kappa shape index (κ1) is 16.7. The lowest BCUT2D eigenvalue weighted by Gasteiger charge is -2.30. The van der Waals surface area contributed by atoms with Crippen molar-refractivity contribution < 1.29 is 29.1 Å². The number of nitrogens with zero attached hydrogens (tertiary/aromatic N) is 1. The molecule has 0 aromatic carbocycles.